The molecule has 3 aromatic rings. The number of nitrogens with one attached hydrogen (secondary N) is 1. The van der Waals surface area contributed by atoms with Crippen molar-refractivity contribution in [2.45, 2.75) is 41.6 Å². The van der Waals surface area contributed by atoms with E-state index >= 15 is 0 Å². The number of hydrogen-bond donors (Lipinski definition) is 7. The van der Waals surface area contributed by atoms with Crippen LogP contribution in [0.4, 0.5) is 9.93 Å². The second kappa shape index (κ2) is 14.4. The lowest BCUT2D eigenvalue weighted by atomic mass is 10.1. The van der Waals surface area contributed by atoms with Gasteiger partial charge in [-0.3, -0.25) is 19.3 Å². The van der Waals surface area contributed by atoms with E-state index < -0.39 is 58.4 Å². The largest absolute Gasteiger partial charge is 0.512 e. The van der Waals surface area contributed by atoms with E-state index in [0.717, 1.165) is 39.3 Å². The zero-order chi connectivity index (χ0) is 36.5. The molecule has 22 heteroatoms. The van der Waals surface area contributed by atoms with Gasteiger partial charge in [-0.1, -0.05) is 16.9 Å². The fraction of sp³-hybridized carbons (Fsp3) is 0.286. The number of carboxylic acid groups (broad SMARTS) is 3. The third kappa shape index (κ3) is 7.72. The summed E-state index contributed by atoms with van der Waals surface area (Å²) in [5.41, 5.74) is 4.46. The maximum absolute atomic E-state index is 13.4. The van der Waals surface area contributed by atoms with Crippen LogP contribution in [-0.4, -0.2) is 105 Å². The molecule has 0 saturated carbocycles. The maximum Gasteiger partial charge on any atom is 0.512 e. The number of thioether (sulfide) groups is 2. The summed E-state index contributed by atoms with van der Waals surface area (Å²) in [6.07, 6.45) is -2.06. The predicted molar refractivity (Wildman–Crippen MR) is 180 cm³/mol. The van der Waals surface area contributed by atoms with Crippen LogP contribution in [0.5, 0.6) is 11.5 Å². The second-order valence-corrected chi connectivity index (χ2v) is 15.2. The smallest absolute Gasteiger partial charge is 0.504 e. The van der Waals surface area contributed by atoms with Crippen molar-refractivity contribution in [2.75, 3.05) is 17.2 Å². The Kier molecular flexibility index (Phi) is 10.5. The normalized spacial score (nSPS) is 17.5. The van der Waals surface area contributed by atoms with E-state index in [-0.39, 0.29) is 46.1 Å². The Morgan fingerprint density at radius 1 is 1.16 bits per heavy atom. The van der Waals surface area contributed by atoms with Crippen molar-refractivity contribution in [2.24, 2.45) is 5.16 Å². The van der Waals surface area contributed by atoms with Crippen LogP contribution in [-0.2, 0) is 35.2 Å². The lowest BCUT2D eigenvalue weighted by molar-refractivity contribution is -0.161. The van der Waals surface area contributed by atoms with E-state index in [0.29, 0.717) is 20.4 Å². The fourth-order valence-electron chi connectivity index (χ4n) is 4.41. The van der Waals surface area contributed by atoms with E-state index in [1.807, 2.05) is 0 Å². The number of oxime groups is 1. The molecule has 8 N–H and O–H groups in total. The molecule has 2 aliphatic heterocycles. The molecule has 1 saturated heterocycles. The molecule has 4 heterocycles. The highest BCUT2D eigenvalue weighted by Gasteiger charge is 2.54. The number of fused-ring (bicyclic) bond motifs is 1. The number of hydrogen-bond acceptors (Lipinski definition) is 17. The third-order valence-electron chi connectivity index (χ3n) is 6.93. The molecule has 0 spiro atoms. The van der Waals surface area contributed by atoms with Crippen molar-refractivity contribution in [3.8, 4) is 22.8 Å². The van der Waals surface area contributed by atoms with Gasteiger partial charge in [0.05, 0.1) is 12.1 Å². The molecule has 1 fully saturated rings. The number of carbonyl (C=O) groups excluding carboxylic acids is 2. The van der Waals surface area contributed by atoms with Gasteiger partial charge in [0.15, 0.2) is 26.7 Å². The van der Waals surface area contributed by atoms with Crippen molar-refractivity contribution < 1.29 is 59.1 Å². The molecule has 2 amide bonds. The molecule has 0 radical (unpaired) electrons. The summed E-state index contributed by atoms with van der Waals surface area (Å²) < 4.78 is 5.44. The molecule has 264 valence electrons. The number of aliphatic carboxylic acids is 2. The Labute approximate surface area is 297 Å². The minimum Gasteiger partial charge on any atom is -0.504 e. The molecular weight excluding hydrogens is 741 g/mol. The number of β-lactam (4-membered cyclic amide) rings is 1. The number of carboxylic acids is 2. The van der Waals surface area contributed by atoms with Gasteiger partial charge in [0.2, 0.25) is 11.5 Å². The number of aromatic hydroxyl groups is 2. The van der Waals surface area contributed by atoms with Gasteiger partial charge in [-0.05, 0) is 32.0 Å². The van der Waals surface area contributed by atoms with E-state index in [1.54, 1.807) is 0 Å². The van der Waals surface area contributed by atoms with Gasteiger partial charge < -0.3 is 46.2 Å². The summed E-state index contributed by atoms with van der Waals surface area (Å²) in [5.74, 6) is -4.88. The Morgan fingerprint density at radius 3 is 2.52 bits per heavy atom. The number of carbonyl (C=O) groups is 5. The first-order valence-corrected chi connectivity index (χ1v) is 17.7. The molecule has 2 atom stereocenters. The number of thiazole rings is 2. The number of rotatable bonds is 13. The first kappa shape index (κ1) is 36.2. The standard InChI is InChI=1S/C28H26N6O12S4/c1-28(2,24(41)42)46-33-18(12-9-48-25(29)30-12)20(39)31-19-21(40)34-22(45-27(43)44)11(7-47-23(19)34)8-49-26-32-17(15(50-26)6-16(37)38)10-3-4-13(35)14(36)5-10/h3-5,9,19,23,35-36H,6-8H2,1-2H3,(H2,29,30)(H,31,39)(H,37,38)(H,41,42)(H,43,44)/t19-,23+/m1/s1. The van der Waals surface area contributed by atoms with Crippen LogP contribution >= 0.6 is 46.2 Å². The topological polar surface area (TPSA) is 284 Å². The zero-order valence-corrected chi connectivity index (χ0v) is 28.9. The molecule has 1 aromatic carbocycles. The SMILES string of the molecule is CC(C)(ON=C(C(=O)N[C@@H]1C(=O)N2C(OC(=O)O)=C(CSc3nc(-c4ccc(O)c(O)c4)c(CC(=O)O)s3)CS[C@@H]12)c1csc(N)n1)C(=O)O. The van der Waals surface area contributed by atoms with Crippen LogP contribution in [0.1, 0.15) is 24.4 Å². The first-order chi connectivity index (χ1) is 23.5. The number of nitrogens with zero attached hydrogens (tertiary/aromatic N) is 4. The number of phenols is 2. The molecular formula is C28H26N6O12S4. The monoisotopic (exact) mass is 766 g/mol. The van der Waals surface area contributed by atoms with Crippen LogP contribution in [0.25, 0.3) is 11.3 Å². The van der Waals surface area contributed by atoms with Crippen LogP contribution in [0.2, 0.25) is 0 Å². The Bertz CT molecular complexity index is 1960. The Balaban J connectivity index is 1.35. The molecule has 5 rings (SSSR count). The predicted octanol–water partition coefficient (Wildman–Crippen LogP) is 2.57. The second-order valence-electron chi connectivity index (χ2n) is 10.9. The molecule has 2 aromatic heterocycles. The summed E-state index contributed by atoms with van der Waals surface area (Å²) in [7, 11) is 0. The fourth-order valence-corrected chi connectivity index (χ4v) is 8.61. The van der Waals surface area contributed by atoms with Gasteiger partial charge in [-0.25, -0.2) is 19.6 Å². The molecule has 0 bridgehead atoms. The maximum atomic E-state index is 13.4. The van der Waals surface area contributed by atoms with Crippen LogP contribution < -0.4 is 11.1 Å². The highest BCUT2D eigenvalue weighted by molar-refractivity contribution is 8.01. The van der Waals surface area contributed by atoms with Gasteiger partial charge in [0, 0.05) is 32.9 Å². The third-order valence-corrected chi connectivity index (χ3v) is 11.2. The van der Waals surface area contributed by atoms with Crippen molar-refractivity contribution in [3.63, 3.8) is 0 Å². The first-order valence-electron chi connectivity index (χ1n) is 14.0. The molecule has 0 unspecified atom stereocenters. The number of aromatic nitrogens is 2. The van der Waals surface area contributed by atoms with Gasteiger partial charge in [0.25, 0.3) is 11.8 Å². The van der Waals surface area contributed by atoms with Gasteiger partial charge in [-0.15, -0.1) is 34.4 Å². The summed E-state index contributed by atoms with van der Waals surface area (Å²) >= 11 is 4.41. The van der Waals surface area contributed by atoms with Gasteiger partial charge in [-0.2, -0.15) is 0 Å². The van der Waals surface area contributed by atoms with Crippen molar-refractivity contribution in [1.29, 1.82) is 0 Å². The number of phenolic OH excluding ortho intramolecular Hbond substituents is 2. The summed E-state index contributed by atoms with van der Waals surface area (Å²) in [6.45, 7) is 2.43. The van der Waals surface area contributed by atoms with E-state index in [2.05, 4.69) is 20.4 Å². The number of ether oxygens (including phenoxy) is 1. The van der Waals surface area contributed by atoms with Crippen LogP contribution in [0.3, 0.4) is 0 Å². The number of benzene rings is 1. The molecule has 50 heavy (non-hydrogen) atoms. The van der Waals surface area contributed by atoms with E-state index in [4.69, 9.17) is 15.3 Å². The molecule has 2 aliphatic rings. The highest BCUT2D eigenvalue weighted by atomic mass is 32.2. The summed E-state index contributed by atoms with van der Waals surface area (Å²) in [6, 6.07) is 2.80. The summed E-state index contributed by atoms with van der Waals surface area (Å²) in [4.78, 5) is 76.5. The Morgan fingerprint density at radius 2 is 1.90 bits per heavy atom. The van der Waals surface area contributed by atoms with Crippen molar-refractivity contribution in [3.05, 3.63) is 45.6 Å². The lowest BCUT2D eigenvalue weighted by Crippen LogP contribution is -2.70. The number of anilines is 1. The number of amides is 2. The van der Waals surface area contributed by atoms with Gasteiger partial charge >= 0.3 is 18.1 Å². The number of nitrogens with two attached hydrogens (primary N) is 1. The van der Waals surface area contributed by atoms with Crippen molar-refractivity contribution in [1.82, 2.24) is 20.2 Å². The minimum absolute atomic E-state index is 0.0284. The highest BCUT2D eigenvalue weighted by Crippen LogP contribution is 2.43. The lowest BCUT2D eigenvalue weighted by Gasteiger charge is -2.49. The summed E-state index contributed by atoms with van der Waals surface area (Å²) in [5, 5.41) is 54.8. The van der Waals surface area contributed by atoms with E-state index in [9.17, 15) is 49.5 Å². The average Bonchev–Trinajstić information content (AvgIpc) is 3.65. The quantitative estimate of drug-likeness (QED) is 0.0329. The van der Waals surface area contributed by atoms with Crippen LogP contribution in [0.15, 0.2) is 44.5 Å². The average molecular weight is 767 g/mol. The van der Waals surface area contributed by atoms with Crippen LogP contribution in [0, 0.1) is 0 Å². The van der Waals surface area contributed by atoms with Gasteiger partial charge in [0.1, 0.15) is 17.1 Å². The van der Waals surface area contributed by atoms with Crippen molar-refractivity contribution >= 4 is 86.9 Å². The number of nitrogen functional groups attached to an aromatic ring is 1. The molecule has 18 nitrogen and oxygen atoms in total. The zero-order valence-electron chi connectivity index (χ0n) is 25.7. The Hall–Kier alpha value is -5.06. The minimum atomic E-state index is -1.82. The van der Waals surface area contributed by atoms with E-state index in [1.165, 1.54) is 49.2 Å². The molecule has 0 aliphatic carbocycles.